The summed E-state index contributed by atoms with van der Waals surface area (Å²) in [7, 11) is 0. The minimum absolute atomic E-state index is 0.00258. The van der Waals surface area contributed by atoms with Gasteiger partial charge in [0.25, 0.3) is 11.8 Å². The zero-order valence-corrected chi connectivity index (χ0v) is 16.6. The molecule has 1 aromatic carbocycles. The smallest absolute Gasteiger partial charge is 0.338 e. The van der Waals surface area contributed by atoms with E-state index in [-0.39, 0.29) is 18.4 Å². The lowest BCUT2D eigenvalue weighted by molar-refractivity contribution is -0.136. The molecule has 2 heterocycles. The molecular weight excluding hydrogens is 384 g/mol. The Morgan fingerprint density at radius 1 is 1.04 bits per heavy atom. The summed E-state index contributed by atoms with van der Waals surface area (Å²) in [5.74, 6) is -0.757. The molecule has 1 fully saturated rings. The Bertz CT molecular complexity index is 798. The minimum atomic E-state index is -0.512. The number of esters is 1. The first kappa shape index (κ1) is 19.4. The molecule has 0 N–H and O–H groups in total. The first-order chi connectivity index (χ1) is 13.1. The number of piperazine rings is 1. The Morgan fingerprint density at radius 3 is 2.30 bits per heavy atom. The van der Waals surface area contributed by atoms with E-state index < -0.39 is 5.97 Å². The van der Waals surface area contributed by atoms with Crippen LogP contribution in [0.2, 0.25) is 0 Å². The van der Waals surface area contributed by atoms with E-state index in [0.29, 0.717) is 36.6 Å². The number of ether oxygens (including phenoxy) is 1. The Labute approximate surface area is 166 Å². The molecule has 0 radical (unpaired) electrons. The highest BCUT2D eigenvalue weighted by molar-refractivity contribution is 7.98. The Hall–Kier alpha value is -2.32. The van der Waals surface area contributed by atoms with Crippen molar-refractivity contribution in [2.45, 2.75) is 4.90 Å². The predicted molar refractivity (Wildman–Crippen MR) is 105 cm³/mol. The number of amides is 2. The molecule has 0 bridgehead atoms. The van der Waals surface area contributed by atoms with Crippen molar-refractivity contribution in [2.24, 2.45) is 0 Å². The number of carbonyl (C=O) groups excluding carboxylic acids is 3. The fraction of sp³-hybridized carbons (Fsp3) is 0.316. The maximum absolute atomic E-state index is 12.3. The van der Waals surface area contributed by atoms with Crippen LogP contribution >= 0.6 is 23.1 Å². The number of hydrogen-bond donors (Lipinski definition) is 0. The molecule has 27 heavy (non-hydrogen) atoms. The maximum atomic E-state index is 12.3. The molecular formula is C19H20N2O4S2. The second-order valence-corrected chi connectivity index (χ2v) is 7.78. The summed E-state index contributed by atoms with van der Waals surface area (Å²) in [6.07, 6.45) is 1.96. The molecule has 6 nitrogen and oxygen atoms in total. The van der Waals surface area contributed by atoms with Crippen molar-refractivity contribution in [3.63, 3.8) is 0 Å². The summed E-state index contributed by atoms with van der Waals surface area (Å²) >= 11 is 3.00. The first-order valence-electron chi connectivity index (χ1n) is 8.50. The third-order valence-electron chi connectivity index (χ3n) is 4.30. The highest BCUT2D eigenvalue weighted by atomic mass is 32.2. The van der Waals surface area contributed by atoms with Crippen LogP contribution in [0.1, 0.15) is 20.0 Å². The van der Waals surface area contributed by atoms with E-state index >= 15 is 0 Å². The van der Waals surface area contributed by atoms with Crippen molar-refractivity contribution in [3.05, 3.63) is 52.2 Å². The SMILES string of the molecule is CSc1ccc(C(=O)OCC(=O)N2CCN(C(=O)c3cccs3)CC2)cc1. The number of nitrogens with zero attached hydrogens (tertiary/aromatic N) is 2. The second kappa shape index (κ2) is 9.05. The summed E-state index contributed by atoms with van der Waals surface area (Å²) in [5.41, 5.74) is 0.423. The van der Waals surface area contributed by atoms with Gasteiger partial charge in [-0.15, -0.1) is 23.1 Å². The van der Waals surface area contributed by atoms with Gasteiger partial charge < -0.3 is 14.5 Å². The standard InChI is InChI=1S/C19H20N2O4S2/c1-26-15-6-4-14(5-7-15)19(24)25-13-17(22)20-8-10-21(11-9-20)18(23)16-3-2-12-27-16/h2-7,12H,8-11,13H2,1H3. The summed E-state index contributed by atoms with van der Waals surface area (Å²) in [5, 5.41) is 1.87. The van der Waals surface area contributed by atoms with Gasteiger partial charge in [0.05, 0.1) is 10.4 Å². The van der Waals surface area contributed by atoms with Crippen LogP contribution in [-0.2, 0) is 9.53 Å². The fourth-order valence-electron chi connectivity index (χ4n) is 2.74. The van der Waals surface area contributed by atoms with Crippen LogP contribution in [0.15, 0.2) is 46.7 Å². The Kier molecular flexibility index (Phi) is 6.52. The number of benzene rings is 1. The van der Waals surface area contributed by atoms with Crippen LogP contribution in [0.4, 0.5) is 0 Å². The van der Waals surface area contributed by atoms with Gasteiger partial charge in [-0.25, -0.2) is 4.79 Å². The number of hydrogen-bond acceptors (Lipinski definition) is 6. The van der Waals surface area contributed by atoms with Crippen LogP contribution in [0.25, 0.3) is 0 Å². The summed E-state index contributed by atoms with van der Waals surface area (Å²) < 4.78 is 5.13. The molecule has 0 saturated carbocycles. The topological polar surface area (TPSA) is 66.9 Å². The van der Waals surface area contributed by atoms with Crippen molar-refractivity contribution in [1.29, 1.82) is 0 Å². The third kappa shape index (κ3) is 4.90. The largest absolute Gasteiger partial charge is 0.452 e. The lowest BCUT2D eigenvalue weighted by Crippen LogP contribution is -2.51. The van der Waals surface area contributed by atoms with Crippen molar-refractivity contribution in [1.82, 2.24) is 9.80 Å². The molecule has 0 spiro atoms. The molecule has 1 aliphatic heterocycles. The lowest BCUT2D eigenvalue weighted by atomic mass is 10.2. The molecule has 142 valence electrons. The zero-order chi connectivity index (χ0) is 19.2. The third-order valence-corrected chi connectivity index (χ3v) is 5.91. The van der Waals surface area contributed by atoms with E-state index in [2.05, 4.69) is 0 Å². The van der Waals surface area contributed by atoms with Crippen molar-refractivity contribution < 1.29 is 19.1 Å². The highest BCUT2D eigenvalue weighted by Crippen LogP contribution is 2.16. The molecule has 2 amide bonds. The monoisotopic (exact) mass is 404 g/mol. The van der Waals surface area contributed by atoms with Gasteiger partial charge in [0.1, 0.15) is 0 Å². The molecule has 1 aromatic heterocycles. The van der Waals surface area contributed by atoms with Crippen molar-refractivity contribution >= 4 is 40.9 Å². The maximum Gasteiger partial charge on any atom is 0.338 e. The number of thiophene rings is 1. The van der Waals surface area contributed by atoms with Crippen molar-refractivity contribution in [2.75, 3.05) is 39.0 Å². The van der Waals surface area contributed by atoms with E-state index in [1.54, 1.807) is 39.8 Å². The van der Waals surface area contributed by atoms with E-state index in [0.717, 1.165) is 4.90 Å². The van der Waals surface area contributed by atoms with Crippen LogP contribution in [0, 0.1) is 0 Å². The molecule has 8 heteroatoms. The minimum Gasteiger partial charge on any atom is -0.452 e. The normalized spacial score (nSPS) is 14.1. The van der Waals surface area contributed by atoms with E-state index in [1.165, 1.54) is 11.3 Å². The lowest BCUT2D eigenvalue weighted by Gasteiger charge is -2.34. The van der Waals surface area contributed by atoms with Gasteiger partial charge in [-0.05, 0) is 42.0 Å². The zero-order valence-electron chi connectivity index (χ0n) is 14.9. The molecule has 3 rings (SSSR count). The number of rotatable bonds is 5. The van der Waals surface area contributed by atoms with Crippen molar-refractivity contribution in [3.8, 4) is 0 Å². The summed E-state index contributed by atoms with van der Waals surface area (Å²) in [4.78, 5) is 41.8. The molecule has 1 aliphatic rings. The van der Waals surface area contributed by atoms with Crippen LogP contribution in [-0.4, -0.2) is 66.6 Å². The van der Waals surface area contributed by atoms with Gasteiger partial charge in [-0.1, -0.05) is 6.07 Å². The van der Waals surface area contributed by atoms with Gasteiger partial charge in [-0.2, -0.15) is 0 Å². The van der Waals surface area contributed by atoms with Gasteiger partial charge in [0.15, 0.2) is 6.61 Å². The molecule has 0 atom stereocenters. The fourth-order valence-corrected chi connectivity index (χ4v) is 3.84. The van der Waals surface area contributed by atoms with E-state index in [9.17, 15) is 14.4 Å². The number of carbonyl (C=O) groups is 3. The molecule has 0 aliphatic carbocycles. The van der Waals surface area contributed by atoms with Gasteiger partial charge in [-0.3, -0.25) is 9.59 Å². The summed E-state index contributed by atoms with van der Waals surface area (Å²) in [6, 6.07) is 10.7. The number of thioether (sulfide) groups is 1. The molecule has 1 saturated heterocycles. The van der Waals surface area contributed by atoms with Crippen LogP contribution in [0.3, 0.4) is 0 Å². The van der Waals surface area contributed by atoms with Gasteiger partial charge in [0.2, 0.25) is 0 Å². The quantitative estimate of drug-likeness (QED) is 0.566. The van der Waals surface area contributed by atoms with Gasteiger partial charge in [0, 0.05) is 31.1 Å². The van der Waals surface area contributed by atoms with Crippen LogP contribution in [0.5, 0.6) is 0 Å². The highest BCUT2D eigenvalue weighted by Gasteiger charge is 2.25. The van der Waals surface area contributed by atoms with E-state index in [1.807, 2.05) is 29.8 Å². The van der Waals surface area contributed by atoms with E-state index in [4.69, 9.17) is 4.74 Å². The Morgan fingerprint density at radius 2 is 1.70 bits per heavy atom. The van der Waals surface area contributed by atoms with Crippen LogP contribution < -0.4 is 0 Å². The molecule has 2 aromatic rings. The molecule has 0 unspecified atom stereocenters. The predicted octanol–water partition coefficient (Wildman–Crippen LogP) is 2.61. The Balaban J connectivity index is 1.45. The van der Waals surface area contributed by atoms with Gasteiger partial charge >= 0.3 is 5.97 Å². The summed E-state index contributed by atoms with van der Waals surface area (Å²) in [6.45, 7) is 1.55. The average molecular weight is 405 g/mol. The first-order valence-corrected chi connectivity index (χ1v) is 10.6. The average Bonchev–Trinajstić information content (AvgIpc) is 3.26. The second-order valence-electron chi connectivity index (χ2n) is 5.95.